The van der Waals surface area contributed by atoms with Gasteiger partial charge in [0.2, 0.25) is 5.91 Å². The molecule has 120 valence electrons. The largest absolute Gasteiger partial charge is 0.333 e. The number of hydrogen-bond acceptors (Lipinski definition) is 4. The summed E-state index contributed by atoms with van der Waals surface area (Å²) in [5.41, 5.74) is 2.17. The SMILES string of the molecule is Cc1cc(C(=O)N2CC(n3cc(N4CCCC4=O)cn3)C2)n[nH]1. The average molecular weight is 314 g/mol. The molecule has 1 N–H and O–H groups in total. The van der Waals surface area contributed by atoms with E-state index >= 15 is 0 Å². The molecule has 4 heterocycles. The van der Waals surface area contributed by atoms with Crippen LogP contribution in [0.2, 0.25) is 0 Å². The Balaban J connectivity index is 1.39. The summed E-state index contributed by atoms with van der Waals surface area (Å²) < 4.78 is 1.85. The van der Waals surface area contributed by atoms with Gasteiger partial charge in [-0.05, 0) is 19.4 Å². The Morgan fingerprint density at radius 2 is 2.22 bits per heavy atom. The molecule has 0 unspecified atom stereocenters. The van der Waals surface area contributed by atoms with Gasteiger partial charge in [0.1, 0.15) is 5.69 Å². The maximum absolute atomic E-state index is 12.2. The number of anilines is 1. The molecule has 0 radical (unpaired) electrons. The predicted molar refractivity (Wildman–Crippen MR) is 82.1 cm³/mol. The van der Waals surface area contributed by atoms with Crippen molar-refractivity contribution in [2.45, 2.75) is 25.8 Å². The fourth-order valence-electron chi connectivity index (χ4n) is 3.07. The first-order chi connectivity index (χ1) is 11.1. The molecule has 0 atom stereocenters. The first-order valence-corrected chi connectivity index (χ1v) is 7.77. The Kier molecular flexibility index (Phi) is 3.17. The molecule has 0 aromatic carbocycles. The van der Waals surface area contributed by atoms with Crippen molar-refractivity contribution in [1.82, 2.24) is 24.9 Å². The first-order valence-electron chi connectivity index (χ1n) is 7.77. The second kappa shape index (κ2) is 5.22. The van der Waals surface area contributed by atoms with E-state index < -0.39 is 0 Å². The van der Waals surface area contributed by atoms with E-state index in [2.05, 4.69) is 15.3 Å². The van der Waals surface area contributed by atoms with E-state index in [1.165, 1.54) is 0 Å². The third kappa shape index (κ3) is 2.39. The van der Waals surface area contributed by atoms with Crippen LogP contribution in [0.25, 0.3) is 0 Å². The van der Waals surface area contributed by atoms with Gasteiger partial charge in [-0.3, -0.25) is 19.4 Å². The third-order valence-corrected chi connectivity index (χ3v) is 4.42. The van der Waals surface area contributed by atoms with Crippen molar-refractivity contribution in [3.63, 3.8) is 0 Å². The molecule has 0 saturated carbocycles. The van der Waals surface area contributed by atoms with Gasteiger partial charge >= 0.3 is 0 Å². The second-order valence-corrected chi connectivity index (χ2v) is 6.13. The highest BCUT2D eigenvalue weighted by Crippen LogP contribution is 2.26. The molecule has 4 rings (SSSR count). The molecule has 23 heavy (non-hydrogen) atoms. The topological polar surface area (TPSA) is 87.1 Å². The van der Waals surface area contributed by atoms with Crippen LogP contribution >= 0.6 is 0 Å². The van der Waals surface area contributed by atoms with E-state index in [0.29, 0.717) is 25.2 Å². The van der Waals surface area contributed by atoms with Crippen molar-refractivity contribution < 1.29 is 9.59 Å². The monoisotopic (exact) mass is 314 g/mol. The van der Waals surface area contributed by atoms with Crippen molar-refractivity contribution in [1.29, 1.82) is 0 Å². The Morgan fingerprint density at radius 1 is 1.39 bits per heavy atom. The van der Waals surface area contributed by atoms with E-state index in [1.54, 1.807) is 22.1 Å². The molecule has 0 bridgehead atoms. The van der Waals surface area contributed by atoms with Crippen LogP contribution in [-0.2, 0) is 4.79 Å². The lowest BCUT2D eigenvalue weighted by atomic mass is 10.1. The normalized spacial score (nSPS) is 18.6. The zero-order valence-corrected chi connectivity index (χ0v) is 12.9. The number of carbonyl (C=O) groups excluding carboxylic acids is 2. The Morgan fingerprint density at radius 3 is 2.87 bits per heavy atom. The van der Waals surface area contributed by atoms with Gasteiger partial charge in [-0.25, -0.2) is 0 Å². The lowest BCUT2D eigenvalue weighted by molar-refractivity contribution is -0.117. The van der Waals surface area contributed by atoms with Gasteiger partial charge in [0, 0.05) is 37.9 Å². The smallest absolute Gasteiger partial charge is 0.274 e. The number of carbonyl (C=O) groups is 2. The Bertz CT molecular complexity index is 758. The molecule has 2 aliphatic heterocycles. The molecule has 0 aliphatic carbocycles. The maximum atomic E-state index is 12.2. The van der Waals surface area contributed by atoms with Crippen LogP contribution in [0.5, 0.6) is 0 Å². The number of hydrogen-bond donors (Lipinski definition) is 1. The van der Waals surface area contributed by atoms with Gasteiger partial charge in [-0.15, -0.1) is 0 Å². The molecule has 2 amide bonds. The van der Waals surface area contributed by atoms with E-state index in [4.69, 9.17) is 0 Å². The summed E-state index contributed by atoms with van der Waals surface area (Å²) in [5.74, 6) is 0.0940. The molecule has 2 aromatic rings. The maximum Gasteiger partial charge on any atom is 0.274 e. The quantitative estimate of drug-likeness (QED) is 0.905. The van der Waals surface area contributed by atoms with Gasteiger partial charge in [-0.1, -0.05) is 0 Å². The fraction of sp³-hybridized carbons (Fsp3) is 0.467. The van der Waals surface area contributed by atoms with Gasteiger partial charge in [-0.2, -0.15) is 10.2 Å². The van der Waals surface area contributed by atoms with Gasteiger partial charge < -0.3 is 9.80 Å². The van der Waals surface area contributed by atoms with E-state index in [-0.39, 0.29) is 17.9 Å². The van der Waals surface area contributed by atoms with Crippen LogP contribution in [0.15, 0.2) is 18.5 Å². The van der Waals surface area contributed by atoms with Crippen molar-refractivity contribution in [3.05, 3.63) is 29.8 Å². The molecular formula is C15H18N6O2. The number of rotatable bonds is 3. The van der Waals surface area contributed by atoms with Crippen LogP contribution in [0.3, 0.4) is 0 Å². The number of likely N-dealkylation sites (tertiary alicyclic amines) is 1. The highest BCUT2D eigenvalue weighted by molar-refractivity contribution is 5.95. The van der Waals surface area contributed by atoms with Crippen LogP contribution in [-0.4, -0.2) is 56.3 Å². The number of aromatic amines is 1. The zero-order valence-electron chi connectivity index (χ0n) is 12.9. The second-order valence-electron chi connectivity index (χ2n) is 6.13. The molecule has 2 saturated heterocycles. The molecule has 8 nitrogen and oxygen atoms in total. The lowest BCUT2D eigenvalue weighted by Crippen LogP contribution is -2.51. The Labute approximate surface area is 133 Å². The minimum atomic E-state index is -0.0623. The summed E-state index contributed by atoms with van der Waals surface area (Å²) in [6.07, 6.45) is 5.14. The van der Waals surface area contributed by atoms with Crippen molar-refractivity contribution in [2.24, 2.45) is 0 Å². The van der Waals surface area contributed by atoms with Gasteiger partial charge in [0.25, 0.3) is 5.91 Å². The zero-order chi connectivity index (χ0) is 16.0. The molecule has 0 spiro atoms. The molecule has 2 fully saturated rings. The number of H-pyrrole nitrogens is 1. The van der Waals surface area contributed by atoms with E-state index in [0.717, 1.165) is 24.3 Å². The van der Waals surface area contributed by atoms with Crippen molar-refractivity contribution >= 4 is 17.5 Å². The van der Waals surface area contributed by atoms with Crippen LogP contribution in [0.4, 0.5) is 5.69 Å². The van der Waals surface area contributed by atoms with Gasteiger partial charge in [0.05, 0.1) is 17.9 Å². The molecule has 2 aliphatic rings. The van der Waals surface area contributed by atoms with E-state index in [9.17, 15) is 9.59 Å². The molecular weight excluding hydrogens is 296 g/mol. The third-order valence-electron chi connectivity index (χ3n) is 4.42. The van der Waals surface area contributed by atoms with Crippen LogP contribution in [0, 0.1) is 6.92 Å². The van der Waals surface area contributed by atoms with Crippen LogP contribution in [0.1, 0.15) is 35.1 Å². The minimum absolute atomic E-state index is 0.0623. The van der Waals surface area contributed by atoms with Crippen LogP contribution < -0.4 is 4.90 Å². The number of amides is 2. The number of nitrogens with zero attached hydrogens (tertiary/aromatic N) is 5. The van der Waals surface area contributed by atoms with E-state index in [1.807, 2.05) is 17.8 Å². The fourth-order valence-corrected chi connectivity index (χ4v) is 3.07. The summed E-state index contributed by atoms with van der Waals surface area (Å²) in [4.78, 5) is 27.5. The summed E-state index contributed by atoms with van der Waals surface area (Å²) >= 11 is 0. The number of nitrogens with one attached hydrogen (secondary N) is 1. The minimum Gasteiger partial charge on any atom is -0.333 e. The summed E-state index contributed by atoms with van der Waals surface area (Å²) in [6.45, 7) is 3.85. The van der Waals surface area contributed by atoms with Crippen molar-refractivity contribution in [3.8, 4) is 0 Å². The average Bonchev–Trinajstić information content (AvgIpc) is 3.18. The van der Waals surface area contributed by atoms with Gasteiger partial charge in [0.15, 0.2) is 0 Å². The predicted octanol–water partition coefficient (Wildman–Crippen LogP) is 0.739. The number of aryl methyl sites for hydroxylation is 1. The highest BCUT2D eigenvalue weighted by atomic mass is 16.2. The molecule has 2 aromatic heterocycles. The van der Waals surface area contributed by atoms with Crippen molar-refractivity contribution in [2.75, 3.05) is 24.5 Å². The lowest BCUT2D eigenvalue weighted by Gasteiger charge is -2.38. The standard InChI is InChI=1S/C15H18N6O2/c1-10-5-13(18-17-10)15(23)19-7-12(8-19)21-9-11(6-16-21)20-4-2-3-14(20)22/h5-6,9,12H,2-4,7-8H2,1H3,(H,17,18). The summed E-state index contributed by atoms with van der Waals surface area (Å²) in [6, 6.07) is 1.91. The highest BCUT2D eigenvalue weighted by Gasteiger charge is 2.34. The first kappa shape index (κ1) is 14.0. The summed E-state index contributed by atoms with van der Waals surface area (Å²) in [5, 5.41) is 11.1. The number of aromatic nitrogens is 4. The molecule has 8 heteroatoms. The summed E-state index contributed by atoms with van der Waals surface area (Å²) in [7, 11) is 0. The Hall–Kier alpha value is -2.64.